The van der Waals surface area contributed by atoms with Crippen molar-refractivity contribution in [2.45, 2.75) is 0 Å². The Labute approximate surface area is 303 Å². The second-order valence-electron chi connectivity index (χ2n) is 13.4. The topological polar surface area (TPSA) is 8.17 Å². The molecule has 10 aromatic rings. The van der Waals surface area contributed by atoms with Gasteiger partial charge < -0.3 is 9.47 Å². The largest absolute Gasteiger partial charge is 0.310 e. The van der Waals surface area contributed by atoms with Gasteiger partial charge in [0.1, 0.15) is 0 Å². The van der Waals surface area contributed by atoms with Crippen LogP contribution in [0.1, 0.15) is 0 Å². The van der Waals surface area contributed by atoms with Gasteiger partial charge in [0.05, 0.1) is 16.7 Å². The summed E-state index contributed by atoms with van der Waals surface area (Å²) in [4.78, 5) is 2.40. The summed E-state index contributed by atoms with van der Waals surface area (Å²) in [5, 5.41) is 7.41. The van der Waals surface area contributed by atoms with Gasteiger partial charge in [0.2, 0.25) is 0 Å². The minimum Gasteiger partial charge on any atom is -0.310 e. The summed E-state index contributed by atoms with van der Waals surface area (Å²) in [6.45, 7) is 0. The SMILES string of the molecule is c1ccc(-c2ccc(N(c3cccc(-c4ccccc4)c3)c3cccc4cc(-n5c6ccccc6c6cc7ccccc7cc65)ccc34)cc2)cc1. The van der Waals surface area contributed by atoms with Crippen molar-refractivity contribution in [2.24, 2.45) is 0 Å². The summed E-state index contributed by atoms with van der Waals surface area (Å²) in [7, 11) is 0. The van der Waals surface area contributed by atoms with E-state index < -0.39 is 0 Å². The number of hydrogen-bond acceptors (Lipinski definition) is 1. The van der Waals surface area contributed by atoms with Crippen LogP contribution in [0.25, 0.3) is 71.3 Å². The molecule has 0 fully saturated rings. The van der Waals surface area contributed by atoms with Crippen molar-refractivity contribution in [1.82, 2.24) is 4.57 Å². The molecule has 52 heavy (non-hydrogen) atoms. The molecule has 244 valence electrons. The van der Waals surface area contributed by atoms with Crippen molar-refractivity contribution in [3.63, 3.8) is 0 Å². The van der Waals surface area contributed by atoms with Gasteiger partial charge in [-0.15, -0.1) is 0 Å². The Bertz CT molecular complexity index is 2890. The number of aromatic nitrogens is 1. The molecule has 2 nitrogen and oxygen atoms in total. The summed E-state index contributed by atoms with van der Waals surface area (Å²) >= 11 is 0. The van der Waals surface area contributed by atoms with Gasteiger partial charge in [0.25, 0.3) is 0 Å². The maximum atomic E-state index is 2.42. The maximum Gasteiger partial charge on any atom is 0.0547 e. The fourth-order valence-corrected chi connectivity index (χ4v) is 7.84. The summed E-state index contributed by atoms with van der Waals surface area (Å²) in [6.07, 6.45) is 0. The first-order valence-electron chi connectivity index (χ1n) is 17.8. The van der Waals surface area contributed by atoms with Gasteiger partial charge in [-0.1, -0.05) is 146 Å². The van der Waals surface area contributed by atoms with Crippen molar-refractivity contribution in [2.75, 3.05) is 4.90 Å². The molecule has 1 aromatic heterocycles. The molecule has 0 atom stereocenters. The van der Waals surface area contributed by atoms with E-state index in [0.717, 1.165) is 22.7 Å². The molecule has 1 heterocycles. The van der Waals surface area contributed by atoms with Gasteiger partial charge in [-0.2, -0.15) is 0 Å². The zero-order valence-corrected chi connectivity index (χ0v) is 28.5. The van der Waals surface area contributed by atoms with Crippen LogP contribution in [0.4, 0.5) is 17.1 Å². The van der Waals surface area contributed by atoms with E-state index >= 15 is 0 Å². The third-order valence-corrected chi connectivity index (χ3v) is 10.3. The second kappa shape index (κ2) is 12.5. The lowest BCUT2D eigenvalue weighted by Gasteiger charge is -2.28. The van der Waals surface area contributed by atoms with Crippen LogP contribution in [0, 0.1) is 0 Å². The standard InChI is InChI=1S/C50H34N2/c1-3-13-35(14-4-1)37-25-27-42(28-26-37)51(43-21-11-19-38(31-43)36-15-5-2-6-16-36)48-24-12-20-41-32-44(29-30-45(41)48)52-49-23-10-9-22-46(49)47-33-39-17-7-8-18-40(39)34-50(47)52/h1-34H. The van der Waals surface area contributed by atoms with Gasteiger partial charge in [0.15, 0.2) is 0 Å². The van der Waals surface area contributed by atoms with E-state index in [4.69, 9.17) is 0 Å². The Hall–Kier alpha value is -6.90. The Morgan fingerprint density at radius 1 is 0.308 bits per heavy atom. The molecule has 0 N–H and O–H groups in total. The van der Waals surface area contributed by atoms with Crippen molar-refractivity contribution >= 4 is 60.4 Å². The van der Waals surface area contributed by atoms with E-state index in [1.54, 1.807) is 0 Å². The van der Waals surface area contributed by atoms with Gasteiger partial charge >= 0.3 is 0 Å². The van der Waals surface area contributed by atoms with E-state index in [0.29, 0.717) is 0 Å². The molecular weight excluding hydrogens is 629 g/mol. The Morgan fingerprint density at radius 3 is 1.71 bits per heavy atom. The number of hydrogen-bond donors (Lipinski definition) is 0. The van der Waals surface area contributed by atoms with Gasteiger partial charge in [-0.05, 0) is 99.1 Å². The predicted octanol–water partition coefficient (Wildman–Crippen LogP) is 13.9. The Morgan fingerprint density at radius 2 is 0.923 bits per heavy atom. The maximum absolute atomic E-state index is 2.42. The average Bonchev–Trinajstić information content (AvgIpc) is 3.54. The zero-order chi connectivity index (χ0) is 34.4. The summed E-state index contributed by atoms with van der Waals surface area (Å²) < 4.78 is 2.42. The van der Waals surface area contributed by atoms with E-state index in [1.165, 1.54) is 65.6 Å². The molecule has 9 aromatic carbocycles. The Kier molecular flexibility index (Phi) is 7.18. The number of para-hydroxylation sites is 1. The lowest BCUT2D eigenvalue weighted by Crippen LogP contribution is -2.10. The molecule has 0 amide bonds. The molecule has 0 saturated heterocycles. The fourth-order valence-electron chi connectivity index (χ4n) is 7.84. The lowest BCUT2D eigenvalue weighted by atomic mass is 10.0. The van der Waals surface area contributed by atoms with Crippen LogP contribution in [0.15, 0.2) is 206 Å². The Balaban J connectivity index is 1.15. The number of nitrogens with zero attached hydrogens (tertiary/aromatic N) is 2. The fraction of sp³-hybridized carbons (Fsp3) is 0. The van der Waals surface area contributed by atoms with Crippen LogP contribution in [0.2, 0.25) is 0 Å². The number of rotatable bonds is 6. The molecule has 0 aliphatic rings. The number of benzene rings is 9. The van der Waals surface area contributed by atoms with Crippen LogP contribution >= 0.6 is 0 Å². The third-order valence-electron chi connectivity index (χ3n) is 10.3. The highest BCUT2D eigenvalue weighted by molar-refractivity contribution is 6.14. The van der Waals surface area contributed by atoms with Gasteiger partial charge in [-0.3, -0.25) is 0 Å². The van der Waals surface area contributed by atoms with E-state index in [-0.39, 0.29) is 0 Å². The first-order chi connectivity index (χ1) is 25.8. The van der Waals surface area contributed by atoms with Crippen molar-refractivity contribution in [3.8, 4) is 27.9 Å². The molecular formula is C50H34N2. The molecule has 0 saturated carbocycles. The minimum atomic E-state index is 1.11. The lowest BCUT2D eigenvalue weighted by molar-refractivity contribution is 1.19. The smallest absolute Gasteiger partial charge is 0.0547 e. The van der Waals surface area contributed by atoms with E-state index in [2.05, 4.69) is 216 Å². The van der Waals surface area contributed by atoms with Crippen LogP contribution < -0.4 is 4.90 Å². The number of fused-ring (bicyclic) bond motifs is 5. The predicted molar refractivity (Wildman–Crippen MR) is 221 cm³/mol. The van der Waals surface area contributed by atoms with Crippen LogP contribution in [0.5, 0.6) is 0 Å². The van der Waals surface area contributed by atoms with Crippen LogP contribution in [-0.2, 0) is 0 Å². The van der Waals surface area contributed by atoms with E-state index in [1.807, 2.05) is 0 Å². The van der Waals surface area contributed by atoms with Crippen molar-refractivity contribution in [1.29, 1.82) is 0 Å². The van der Waals surface area contributed by atoms with Crippen molar-refractivity contribution in [3.05, 3.63) is 206 Å². The highest BCUT2D eigenvalue weighted by Gasteiger charge is 2.18. The molecule has 0 spiro atoms. The molecule has 0 aliphatic heterocycles. The van der Waals surface area contributed by atoms with Crippen molar-refractivity contribution < 1.29 is 0 Å². The van der Waals surface area contributed by atoms with Crippen LogP contribution in [-0.4, -0.2) is 4.57 Å². The zero-order valence-electron chi connectivity index (χ0n) is 28.5. The number of anilines is 3. The molecule has 10 rings (SSSR count). The highest BCUT2D eigenvalue weighted by Crippen LogP contribution is 2.42. The van der Waals surface area contributed by atoms with Crippen LogP contribution in [0.3, 0.4) is 0 Å². The second-order valence-corrected chi connectivity index (χ2v) is 13.4. The monoisotopic (exact) mass is 662 g/mol. The average molecular weight is 663 g/mol. The third kappa shape index (κ3) is 5.12. The quantitative estimate of drug-likeness (QED) is 0.172. The van der Waals surface area contributed by atoms with E-state index in [9.17, 15) is 0 Å². The van der Waals surface area contributed by atoms with Gasteiger partial charge in [0, 0.05) is 33.2 Å². The first-order valence-corrected chi connectivity index (χ1v) is 17.8. The molecule has 0 unspecified atom stereocenters. The molecule has 0 aliphatic carbocycles. The summed E-state index contributed by atoms with van der Waals surface area (Å²) in [6, 6.07) is 74.7. The summed E-state index contributed by atoms with van der Waals surface area (Å²) in [5.74, 6) is 0. The normalized spacial score (nSPS) is 11.5. The summed E-state index contributed by atoms with van der Waals surface area (Å²) in [5.41, 5.74) is 11.7. The minimum absolute atomic E-state index is 1.11. The molecule has 0 bridgehead atoms. The first kappa shape index (κ1) is 30.0. The highest BCUT2D eigenvalue weighted by atomic mass is 15.1. The molecule has 0 radical (unpaired) electrons. The molecule has 2 heteroatoms. The van der Waals surface area contributed by atoms with Gasteiger partial charge in [-0.25, -0.2) is 0 Å².